The molecule has 3 aromatic rings. The molecule has 2 unspecified atom stereocenters. The molecule has 506 valence electrons. The predicted octanol–water partition coefficient (Wildman–Crippen LogP) is 7.65. The molecule has 0 radical (unpaired) electrons. The van der Waals surface area contributed by atoms with Gasteiger partial charge < -0.3 is 69.0 Å². The normalized spacial score (nSPS) is 15.5. The summed E-state index contributed by atoms with van der Waals surface area (Å²) in [6, 6.07) is 13.9. The number of likely N-dealkylation sites (tertiary alicyclic amines) is 1. The van der Waals surface area contributed by atoms with Crippen molar-refractivity contribution in [3.63, 3.8) is 0 Å². The van der Waals surface area contributed by atoms with Gasteiger partial charge in [0.2, 0.25) is 24.6 Å². The Bertz CT molecular complexity index is 2950. The van der Waals surface area contributed by atoms with Crippen molar-refractivity contribution >= 4 is 78.0 Å². The van der Waals surface area contributed by atoms with Gasteiger partial charge in [-0.1, -0.05) is 32.4 Å². The number of nitrogens with one attached hydrogen (secondary N) is 4. The van der Waals surface area contributed by atoms with Crippen molar-refractivity contribution in [1.82, 2.24) is 30.7 Å². The smallest absolute Gasteiger partial charge is 0.414 e. The number of benzene rings is 3. The first-order valence-corrected chi connectivity index (χ1v) is 31.4. The maximum Gasteiger partial charge on any atom is 0.414 e. The summed E-state index contributed by atoms with van der Waals surface area (Å²) in [5, 5.41) is 11.0. The molecular weight excluding hydrogens is 1190 g/mol. The second kappa shape index (κ2) is 39.1. The van der Waals surface area contributed by atoms with Crippen molar-refractivity contribution in [2.24, 2.45) is 4.99 Å². The highest BCUT2D eigenvalue weighted by Gasteiger charge is 2.34. The molecule has 4 aliphatic rings. The standard InChI is InChI=1S/C39H45N5O9.C18H37N3O4.C7H7NO3.C3H8/c1-26-17-34(49-2)37(52-16-6-15-51-36-19-32-31(18-35(36)50-3)38(47)43-14-5-7-29(43)21-40-32)20-33(26)44(22-30-8-4-13-42(30)25-46)39(48)53-23-27-9-11-28(12-10-27)41-24-45;1-14(2)21-16(23)12-20-15(22)8-10-24-17(3,4)9-11-25-18(5,6)13-19-7;9-5-1-4-8-6(10)2-3-7(8)11;1-3-2/h9-12,17-21,24-25,29-30H,4-8,13-16,22-23H2,1-3H3,(H,41,45);14,19H,8-13H2,1-7H3,(H,20,22)(H,21,23);2-3,5H,1,4H2;3H2,1-2H3. The minimum atomic E-state index is -0.577. The monoisotopic (exact) mass is 1280 g/mol. The number of fused-ring (bicyclic) bond motifs is 2. The maximum atomic E-state index is 13.8. The number of aryl methyl sites for hydroxylation is 1. The van der Waals surface area contributed by atoms with Crippen LogP contribution in [0, 0.1) is 6.92 Å². The SMILES string of the molecule is CCC.CNCC(C)(C)OCCC(C)(C)OCCC(=O)NCC(=O)NC(C)C.COc1cc2c(cc1OCCCOc1cc(N(CC3CCCN3C=O)C(=O)OCc3ccc(NC=O)cc3)c(C)cc1OC)N=CC1CCCN1C2=O.O=CCCN1C(=O)C=CC1=O. The molecule has 2 atom stereocenters. The van der Waals surface area contributed by atoms with Gasteiger partial charge in [0.25, 0.3) is 17.7 Å². The summed E-state index contributed by atoms with van der Waals surface area (Å²) >= 11 is 0. The topological polar surface area (TPSA) is 292 Å². The minimum absolute atomic E-state index is 0.00442. The molecule has 0 saturated carbocycles. The van der Waals surface area contributed by atoms with Gasteiger partial charge in [0.05, 0.1) is 81.4 Å². The van der Waals surface area contributed by atoms with Crippen LogP contribution in [0.25, 0.3) is 0 Å². The quantitative estimate of drug-likeness (QED) is 0.0265. The summed E-state index contributed by atoms with van der Waals surface area (Å²) in [4.78, 5) is 115. The van der Waals surface area contributed by atoms with Crippen LogP contribution in [0.4, 0.5) is 21.9 Å². The molecule has 7 rings (SSSR count). The lowest BCUT2D eigenvalue weighted by Crippen LogP contribution is -2.43. The summed E-state index contributed by atoms with van der Waals surface area (Å²) in [5.41, 5.74) is 3.14. The van der Waals surface area contributed by atoms with Crippen LogP contribution in [0.3, 0.4) is 0 Å². The van der Waals surface area contributed by atoms with E-state index in [9.17, 15) is 43.2 Å². The fourth-order valence-electron chi connectivity index (χ4n) is 9.94. The number of hydrogen-bond donors (Lipinski definition) is 4. The van der Waals surface area contributed by atoms with Gasteiger partial charge in [-0.05, 0) is 123 Å². The largest absolute Gasteiger partial charge is 0.493 e. The highest BCUT2D eigenvalue weighted by atomic mass is 16.6. The average Bonchev–Trinajstić information content (AvgIpc) is 1.48. The molecule has 4 aliphatic heterocycles. The van der Waals surface area contributed by atoms with Crippen LogP contribution in [0.5, 0.6) is 23.0 Å². The number of carbonyl (C=O) groups excluding carboxylic acids is 9. The van der Waals surface area contributed by atoms with Crippen molar-refractivity contribution in [3.05, 3.63) is 77.4 Å². The number of aldehydes is 1. The fourth-order valence-corrected chi connectivity index (χ4v) is 9.94. The third kappa shape index (κ3) is 25.0. The first-order chi connectivity index (χ1) is 44.0. The van der Waals surface area contributed by atoms with Gasteiger partial charge >= 0.3 is 6.09 Å². The Morgan fingerprint density at radius 2 is 1.45 bits per heavy atom. The van der Waals surface area contributed by atoms with Gasteiger partial charge in [-0.15, -0.1) is 0 Å². The van der Waals surface area contributed by atoms with E-state index < -0.39 is 6.09 Å². The number of amides is 8. The zero-order chi connectivity index (χ0) is 67.8. The summed E-state index contributed by atoms with van der Waals surface area (Å²) in [7, 11) is 4.99. The lowest BCUT2D eigenvalue weighted by atomic mass is 10.1. The fraction of sp³-hybridized carbons (Fsp3) is 0.552. The van der Waals surface area contributed by atoms with E-state index in [1.807, 2.05) is 66.6 Å². The molecule has 4 heterocycles. The van der Waals surface area contributed by atoms with Gasteiger partial charge in [0.1, 0.15) is 12.9 Å². The van der Waals surface area contributed by atoms with E-state index in [0.717, 1.165) is 61.1 Å². The van der Waals surface area contributed by atoms with Gasteiger partial charge in [-0.2, -0.15) is 0 Å². The molecule has 0 aromatic heterocycles. The van der Waals surface area contributed by atoms with Crippen LogP contribution in [-0.4, -0.2) is 192 Å². The molecule has 3 aromatic carbocycles. The number of rotatable bonds is 32. The predicted molar refractivity (Wildman–Crippen MR) is 350 cm³/mol. The van der Waals surface area contributed by atoms with Crippen molar-refractivity contribution in [2.75, 3.05) is 97.2 Å². The van der Waals surface area contributed by atoms with Crippen LogP contribution in [0.2, 0.25) is 0 Å². The van der Waals surface area contributed by atoms with Crippen molar-refractivity contribution < 1.29 is 76.3 Å². The third-order valence-corrected chi connectivity index (χ3v) is 14.6. The van der Waals surface area contributed by atoms with E-state index in [-0.39, 0.29) is 111 Å². The van der Waals surface area contributed by atoms with E-state index in [1.54, 1.807) is 65.4 Å². The highest BCUT2D eigenvalue weighted by molar-refractivity contribution is 6.13. The maximum absolute atomic E-state index is 13.8. The van der Waals surface area contributed by atoms with E-state index in [0.29, 0.717) is 91.0 Å². The van der Waals surface area contributed by atoms with Gasteiger partial charge in [-0.3, -0.25) is 48.4 Å². The van der Waals surface area contributed by atoms with Crippen LogP contribution < -0.4 is 45.1 Å². The van der Waals surface area contributed by atoms with E-state index in [4.69, 9.17) is 33.2 Å². The Kier molecular flexibility index (Phi) is 32.3. The van der Waals surface area contributed by atoms with Gasteiger partial charge in [-0.25, -0.2) is 4.79 Å². The third-order valence-electron chi connectivity index (χ3n) is 14.6. The van der Waals surface area contributed by atoms with Crippen LogP contribution in [0.1, 0.15) is 135 Å². The number of anilines is 2. The molecule has 8 amide bonds. The molecule has 2 saturated heterocycles. The summed E-state index contributed by atoms with van der Waals surface area (Å²) in [5.74, 6) is 0.743. The Balaban J connectivity index is 0.000000381. The van der Waals surface area contributed by atoms with Crippen molar-refractivity contribution in [1.29, 1.82) is 0 Å². The number of likely N-dealkylation sites (N-methyl/N-ethyl adjacent to an activating group) is 1. The Labute approximate surface area is 541 Å². The minimum Gasteiger partial charge on any atom is -0.493 e. The van der Waals surface area contributed by atoms with Gasteiger partial charge in [0.15, 0.2) is 23.0 Å². The zero-order valence-electron chi connectivity index (χ0n) is 55.7. The average molecular weight is 1280 g/mol. The Hall–Kier alpha value is -8.42. The lowest BCUT2D eigenvalue weighted by molar-refractivity contribution is -0.137. The molecule has 4 N–H and O–H groups in total. The molecule has 0 aliphatic carbocycles. The molecule has 0 spiro atoms. The molecule has 25 heteroatoms. The first kappa shape index (κ1) is 76.0. The Morgan fingerprint density at radius 1 is 0.804 bits per heavy atom. The zero-order valence-corrected chi connectivity index (χ0v) is 55.7. The molecule has 0 bridgehead atoms. The van der Waals surface area contributed by atoms with E-state index in [2.05, 4.69) is 40.1 Å². The number of nitrogens with zero attached hydrogens (tertiary/aromatic N) is 5. The molecule has 2 fully saturated rings. The van der Waals surface area contributed by atoms with Gasteiger partial charge in [0, 0.05) is 100 Å². The second-order valence-electron chi connectivity index (χ2n) is 23.7. The van der Waals surface area contributed by atoms with Crippen LogP contribution >= 0.6 is 0 Å². The lowest BCUT2D eigenvalue weighted by Gasteiger charge is -2.30. The van der Waals surface area contributed by atoms with Crippen molar-refractivity contribution in [2.45, 2.75) is 156 Å². The summed E-state index contributed by atoms with van der Waals surface area (Å²) in [6.07, 6.45) is 12.1. The highest BCUT2D eigenvalue weighted by Crippen LogP contribution is 2.39. The van der Waals surface area contributed by atoms with Crippen molar-refractivity contribution in [3.8, 4) is 23.0 Å². The number of methoxy groups -OCH3 is 2. The number of ether oxygens (including phenoxy) is 7. The summed E-state index contributed by atoms with van der Waals surface area (Å²) < 4.78 is 40.9. The Morgan fingerprint density at radius 3 is 2.07 bits per heavy atom. The first-order valence-electron chi connectivity index (χ1n) is 31.4. The summed E-state index contributed by atoms with van der Waals surface area (Å²) in [6.45, 7) is 21.9. The molecular formula is C67H97N9O16. The van der Waals surface area contributed by atoms with Crippen LogP contribution in [0.15, 0.2) is 65.7 Å². The number of carbonyl (C=O) groups is 9. The number of imide groups is 1. The molecule has 92 heavy (non-hydrogen) atoms. The second-order valence-corrected chi connectivity index (χ2v) is 23.7. The van der Waals surface area contributed by atoms with Crippen LogP contribution in [-0.2, 0) is 54.4 Å². The number of hydrogen-bond acceptors (Lipinski definition) is 18. The number of aliphatic imine (C=N–C) groups is 1. The molecule has 25 nitrogen and oxygen atoms in total. The van der Waals surface area contributed by atoms with E-state index in [1.165, 1.54) is 25.7 Å². The van der Waals surface area contributed by atoms with E-state index >= 15 is 0 Å².